The van der Waals surface area contributed by atoms with Gasteiger partial charge in [0.25, 0.3) is 0 Å². The summed E-state index contributed by atoms with van der Waals surface area (Å²) in [5, 5.41) is 8.89. The third kappa shape index (κ3) is 2.85. The SMILES string of the molecule is CC(C)C(=O)OC(C)(C)c1ccc(CO)o1. The minimum Gasteiger partial charge on any atom is -0.459 e. The highest BCUT2D eigenvalue weighted by Gasteiger charge is 2.29. The first-order chi connectivity index (χ1) is 7.36. The summed E-state index contributed by atoms with van der Waals surface area (Å²) in [6.45, 7) is 6.91. The van der Waals surface area contributed by atoms with E-state index >= 15 is 0 Å². The zero-order valence-corrected chi connectivity index (χ0v) is 10.1. The molecule has 0 aromatic carbocycles. The quantitative estimate of drug-likeness (QED) is 0.799. The van der Waals surface area contributed by atoms with Crippen LogP contribution in [0.15, 0.2) is 16.5 Å². The number of aliphatic hydroxyl groups is 1. The Morgan fingerprint density at radius 1 is 1.50 bits per heavy atom. The summed E-state index contributed by atoms with van der Waals surface area (Å²) in [5.74, 6) is 0.549. The molecule has 0 amide bonds. The second-order valence-electron chi connectivity index (χ2n) is 4.51. The predicted octanol–water partition coefficient (Wildman–Crippen LogP) is 2.21. The Bertz CT molecular complexity index is 363. The fourth-order valence-corrected chi connectivity index (χ4v) is 1.21. The monoisotopic (exact) mass is 226 g/mol. The van der Waals surface area contributed by atoms with E-state index in [1.54, 1.807) is 39.8 Å². The molecule has 0 saturated heterocycles. The summed E-state index contributed by atoms with van der Waals surface area (Å²) < 4.78 is 10.7. The molecule has 0 aliphatic carbocycles. The van der Waals surface area contributed by atoms with E-state index in [0.29, 0.717) is 11.5 Å². The molecule has 90 valence electrons. The number of furan rings is 1. The van der Waals surface area contributed by atoms with Crippen molar-refractivity contribution in [2.45, 2.75) is 39.9 Å². The van der Waals surface area contributed by atoms with Crippen LogP contribution in [0.25, 0.3) is 0 Å². The van der Waals surface area contributed by atoms with Crippen molar-refractivity contribution >= 4 is 5.97 Å². The van der Waals surface area contributed by atoms with Crippen LogP contribution in [0.3, 0.4) is 0 Å². The molecule has 4 heteroatoms. The molecular weight excluding hydrogens is 208 g/mol. The van der Waals surface area contributed by atoms with Crippen molar-refractivity contribution in [2.24, 2.45) is 5.92 Å². The van der Waals surface area contributed by atoms with Gasteiger partial charge in [0.05, 0.1) is 5.92 Å². The van der Waals surface area contributed by atoms with E-state index in [1.165, 1.54) is 0 Å². The zero-order chi connectivity index (χ0) is 12.3. The van der Waals surface area contributed by atoms with E-state index < -0.39 is 5.60 Å². The number of rotatable bonds is 4. The predicted molar refractivity (Wildman–Crippen MR) is 58.6 cm³/mol. The van der Waals surface area contributed by atoms with E-state index in [2.05, 4.69) is 0 Å². The smallest absolute Gasteiger partial charge is 0.309 e. The Hall–Kier alpha value is -1.29. The fraction of sp³-hybridized carbons (Fsp3) is 0.583. The Labute approximate surface area is 95.2 Å². The first-order valence-corrected chi connectivity index (χ1v) is 5.29. The van der Waals surface area contributed by atoms with Gasteiger partial charge in [-0.3, -0.25) is 4.79 Å². The lowest BCUT2D eigenvalue weighted by molar-refractivity contribution is -0.163. The molecule has 0 saturated carbocycles. The summed E-state index contributed by atoms with van der Waals surface area (Å²) in [6.07, 6.45) is 0. The highest BCUT2D eigenvalue weighted by atomic mass is 16.6. The molecule has 16 heavy (non-hydrogen) atoms. The number of ether oxygens (including phenoxy) is 1. The number of aliphatic hydroxyl groups excluding tert-OH is 1. The van der Waals surface area contributed by atoms with E-state index in [9.17, 15) is 4.79 Å². The normalized spacial score (nSPS) is 11.9. The Kier molecular flexibility index (Phi) is 3.75. The molecule has 1 N–H and O–H groups in total. The molecule has 0 aliphatic rings. The van der Waals surface area contributed by atoms with Gasteiger partial charge in [0.2, 0.25) is 0 Å². The van der Waals surface area contributed by atoms with Gasteiger partial charge < -0.3 is 14.3 Å². The maximum atomic E-state index is 11.5. The van der Waals surface area contributed by atoms with Gasteiger partial charge in [0.1, 0.15) is 18.1 Å². The van der Waals surface area contributed by atoms with Gasteiger partial charge in [-0.1, -0.05) is 13.8 Å². The van der Waals surface area contributed by atoms with Crippen molar-refractivity contribution in [2.75, 3.05) is 0 Å². The fourth-order valence-electron chi connectivity index (χ4n) is 1.21. The third-order valence-electron chi connectivity index (χ3n) is 2.24. The maximum absolute atomic E-state index is 11.5. The van der Waals surface area contributed by atoms with Crippen molar-refractivity contribution in [3.8, 4) is 0 Å². The van der Waals surface area contributed by atoms with Gasteiger partial charge >= 0.3 is 5.97 Å². The average Bonchev–Trinajstić information content (AvgIpc) is 2.65. The highest BCUT2D eigenvalue weighted by Crippen LogP contribution is 2.27. The summed E-state index contributed by atoms with van der Waals surface area (Å²) in [7, 11) is 0. The summed E-state index contributed by atoms with van der Waals surface area (Å²) in [6, 6.07) is 3.37. The number of hydrogen-bond acceptors (Lipinski definition) is 4. The lowest BCUT2D eigenvalue weighted by Gasteiger charge is -2.23. The van der Waals surface area contributed by atoms with Crippen molar-refractivity contribution in [1.82, 2.24) is 0 Å². The summed E-state index contributed by atoms with van der Waals surface area (Å²) in [5.41, 5.74) is -0.811. The van der Waals surface area contributed by atoms with Gasteiger partial charge in [0, 0.05) is 0 Å². The second kappa shape index (κ2) is 4.70. The molecular formula is C12H18O4. The lowest BCUT2D eigenvalue weighted by Crippen LogP contribution is -2.27. The van der Waals surface area contributed by atoms with Crippen LogP contribution in [0.1, 0.15) is 39.2 Å². The van der Waals surface area contributed by atoms with Crippen molar-refractivity contribution in [3.05, 3.63) is 23.7 Å². The zero-order valence-electron chi connectivity index (χ0n) is 10.1. The molecule has 4 nitrogen and oxygen atoms in total. The maximum Gasteiger partial charge on any atom is 0.309 e. The molecule has 0 unspecified atom stereocenters. The van der Waals surface area contributed by atoms with Crippen LogP contribution in [-0.2, 0) is 21.7 Å². The molecule has 0 aliphatic heterocycles. The average molecular weight is 226 g/mol. The number of carbonyl (C=O) groups excluding carboxylic acids is 1. The van der Waals surface area contributed by atoms with Crippen LogP contribution in [0.5, 0.6) is 0 Å². The molecule has 0 radical (unpaired) electrons. The van der Waals surface area contributed by atoms with E-state index in [-0.39, 0.29) is 18.5 Å². The van der Waals surface area contributed by atoms with Gasteiger partial charge in [-0.25, -0.2) is 0 Å². The lowest BCUT2D eigenvalue weighted by atomic mass is 10.1. The molecule has 1 aromatic rings. The minimum atomic E-state index is -0.811. The van der Waals surface area contributed by atoms with Crippen LogP contribution in [0.4, 0.5) is 0 Å². The number of hydrogen-bond donors (Lipinski definition) is 1. The van der Waals surface area contributed by atoms with Gasteiger partial charge in [0.15, 0.2) is 5.60 Å². The standard InChI is InChI=1S/C12H18O4/c1-8(2)11(14)16-12(3,4)10-6-5-9(7-13)15-10/h5-6,8,13H,7H2,1-4H3. The highest BCUT2D eigenvalue weighted by molar-refractivity contribution is 5.72. The molecule has 1 heterocycles. The molecule has 1 rings (SSSR count). The Balaban J connectivity index is 2.80. The van der Waals surface area contributed by atoms with E-state index in [4.69, 9.17) is 14.3 Å². The van der Waals surface area contributed by atoms with Crippen LogP contribution < -0.4 is 0 Å². The second-order valence-corrected chi connectivity index (χ2v) is 4.51. The van der Waals surface area contributed by atoms with Crippen LogP contribution in [0.2, 0.25) is 0 Å². The Morgan fingerprint density at radius 2 is 2.12 bits per heavy atom. The van der Waals surface area contributed by atoms with Crippen LogP contribution >= 0.6 is 0 Å². The third-order valence-corrected chi connectivity index (χ3v) is 2.24. The van der Waals surface area contributed by atoms with Gasteiger partial charge in [-0.05, 0) is 26.0 Å². The topological polar surface area (TPSA) is 59.7 Å². The Morgan fingerprint density at radius 3 is 2.56 bits per heavy atom. The van der Waals surface area contributed by atoms with Gasteiger partial charge in [-0.15, -0.1) is 0 Å². The summed E-state index contributed by atoms with van der Waals surface area (Å²) >= 11 is 0. The minimum absolute atomic E-state index is 0.159. The molecule has 0 spiro atoms. The summed E-state index contributed by atoms with van der Waals surface area (Å²) in [4.78, 5) is 11.5. The molecule has 0 bridgehead atoms. The van der Waals surface area contributed by atoms with Gasteiger partial charge in [-0.2, -0.15) is 0 Å². The number of carbonyl (C=O) groups is 1. The van der Waals surface area contributed by atoms with Crippen molar-refractivity contribution in [1.29, 1.82) is 0 Å². The number of esters is 1. The van der Waals surface area contributed by atoms with Crippen LogP contribution in [-0.4, -0.2) is 11.1 Å². The molecule has 0 atom stereocenters. The van der Waals surface area contributed by atoms with Crippen LogP contribution in [0, 0.1) is 5.92 Å². The largest absolute Gasteiger partial charge is 0.459 e. The van der Waals surface area contributed by atoms with E-state index in [0.717, 1.165) is 0 Å². The van der Waals surface area contributed by atoms with E-state index in [1.807, 2.05) is 0 Å². The first-order valence-electron chi connectivity index (χ1n) is 5.29. The first kappa shape index (κ1) is 12.8. The van der Waals surface area contributed by atoms with Crippen molar-refractivity contribution < 1.29 is 19.1 Å². The molecule has 0 fully saturated rings. The molecule has 1 aromatic heterocycles. The van der Waals surface area contributed by atoms with Crippen molar-refractivity contribution in [3.63, 3.8) is 0 Å².